The summed E-state index contributed by atoms with van der Waals surface area (Å²) < 4.78 is 52.3. The summed E-state index contributed by atoms with van der Waals surface area (Å²) in [7, 11) is -3.87. The van der Waals surface area contributed by atoms with Crippen LogP contribution in [0.2, 0.25) is 0 Å². The first-order valence-corrected chi connectivity index (χ1v) is 10.5. The van der Waals surface area contributed by atoms with Crippen molar-refractivity contribution < 1.29 is 27.1 Å². The van der Waals surface area contributed by atoms with E-state index in [1.165, 1.54) is 54.6 Å². The van der Waals surface area contributed by atoms with Gasteiger partial charge in [0, 0.05) is 17.3 Å². The number of amides is 1. The Morgan fingerprint density at radius 2 is 1.60 bits per heavy atom. The number of halogens is 1. The Hall–Kier alpha value is -3.59. The van der Waals surface area contributed by atoms with Crippen molar-refractivity contribution in [3.63, 3.8) is 0 Å². The fourth-order valence-electron chi connectivity index (χ4n) is 2.85. The summed E-state index contributed by atoms with van der Waals surface area (Å²) >= 11 is 0. The fraction of sp³-hybridized carbons (Fsp3) is 0.0952. The molecule has 30 heavy (non-hydrogen) atoms. The molecule has 0 atom stereocenters. The highest BCUT2D eigenvalue weighted by atomic mass is 32.2. The Morgan fingerprint density at radius 3 is 2.33 bits per heavy atom. The molecule has 0 radical (unpaired) electrons. The summed E-state index contributed by atoms with van der Waals surface area (Å²) in [6.45, 7) is 0.758. The van der Waals surface area contributed by atoms with Crippen LogP contribution in [0.25, 0.3) is 0 Å². The number of fused-ring (bicyclic) bond motifs is 1. The van der Waals surface area contributed by atoms with Crippen molar-refractivity contribution in [3.8, 4) is 11.5 Å². The molecule has 7 nitrogen and oxygen atoms in total. The van der Waals surface area contributed by atoms with Crippen molar-refractivity contribution >= 4 is 27.3 Å². The molecular weight excluding hydrogens is 411 g/mol. The van der Waals surface area contributed by atoms with Gasteiger partial charge in [-0.3, -0.25) is 9.52 Å². The van der Waals surface area contributed by atoms with Crippen LogP contribution < -0.4 is 19.5 Å². The van der Waals surface area contributed by atoms with Crippen LogP contribution in [0.15, 0.2) is 71.6 Å². The van der Waals surface area contributed by atoms with E-state index in [0.29, 0.717) is 24.7 Å². The van der Waals surface area contributed by atoms with Gasteiger partial charge in [-0.15, -0.1) is 0 Å². The van der Waals surface area contributed by atoms with Crippen molar-refractivity contribution in [2.45, 2.75) is 4.90 Å². The van der Waals surface area contributed by atoms with Gasteiger partial charge in [-0.25, -0.2) is 12.8 Å². The van der Waals surface area contributed by atoms with Gasteiger partial charge in [0.25, 0.3) is 15.9 Å². The minimum absolute atomic E-state index is 0.0214. The molecule has 0 unspecified atom stereocenters. The number of nitrogens with one attached hydrogen (secondary N) is 2. The number of carbonyl (C=O) groups is 1. The normalized spacial score (nSPS) is 12.8. The molecule has 1 aliphatic heterocycles. The maximum absolute atomic E-state index is 13.7. The van der Waals surface area contributed by atoms with Crippen molar-refractivity contribution in [2.24, 2.45) is 0 Å². The van der Waals surface area contributed by atoms with E-state index in [-0.39, 0.29) is 21.8 Å². The molecule has 0 bridgehead atoms. The maximum atomic E-state index is 13.7. The predicted octanol–water partition coefficient (Wildman–Crippen LogP) is 3.65. The number of para-hydroxylation sites is 1. The van der Waals surface area contributed by atoms with E-state index in [1.54, 1.807) is 12.1 Å². The highest BCUT2D eigenvalue weighted by Gasteiger charge is 2.19. The number of hydrogen-bond acceptors (Lipinski definition) is 5. The average molecular weight is 428 g/mol. The van der Waals surface area contributed by atoms with Gasteiger partial charge in [0.05, 0.1) is 10.6 Å². The molecular formula is C21H17FN2O5S. The van der Waals surface area contributed by atoms with Crippen molar-refractivity contribution in [2.75, 3.05) is 23.3 Å². The van der Waals surface area contributed by atoms with Gasteiger partial charge in [0.2, 0.25) is 0 Å². The fourth-order valence-corrected chi connectivity index (χ4v) is 3.93. The standard InChI is InChI=1S/C21H17FN2O5S/c22-17-3-1-2-4-18(17)23-21(25)14-5-7-15(8-6-14)24-30(26,27)16-9-10-19-20(13-16)29-12-11-28-19/h1-10,13,24H,11-12H2,(H,23,25). The Morgan fingerprint density at radius 1 is 0.900 bits per heavy atom. The molecule has 1 heterocycles. The van der Waals surface area contributed by atoms with Crippen LogP contribution in [0, 0.1) is 5.82 Å². The molecule has 154 valence electrons. The minimum atomic E-state index is -3.87. The van der Waals surface area contributed by atoms with Crippen molar-refractivity contribution in [1.82, 2.24) is 0 Å². The molecule has 0 saturated carbocycles. The van der Waals surface area contributed by atoms with E-state index >= 15 is 0 Å². The molecule has 1 aliphatic rings. The molecule has 0 aromatic heterocycles. The summed E-state index contributed by atoms with van der Waals surface area (Å²) in [4.78, 5) is 12.3. The molecule has 4 rings (SSSR count). The summed E-state index contributed by atoms with van der Waals surface area (Å²) in [6.07, 6.45) is 0. The number of sulfonamides is 1. The van der Waals surface area contributed by atoms with Crippen LogP contribution in [-0.4, -0.2) is 27.5 Å². The molecule has 0 aliphatic carbocycles. The van der Waals surface area contributed by atoms with E-state index in [4.69, 9.17) is 9.47 Å². The first kappa shape index (κ1) is 19.7. The third-order valence-corrected chi connectivity index (χ3v) is 5.72. The molecule has 3 aromatic rings. The predicted molar refractivity (Wildman–Crippen MR) is 109 cm³/mol. The van der Waals surface area contributed by atoms with Crippen LogP contribution in [0.3, 0.4) is 0 Å². The summed E-state index contributed by atoms with van der Waals surface area (Å²) in [6, 6.07) is 16.0. The molecule has 1 amide bonds. The van der Waals surface area contributed by atoms with Gasteiger partial charge in [0.15, 0.2) is 11.5 Å². The van der Waals surface area contributed by atoms with E-state index in [9.17, 15) is 17.6 Å². The molecule has 3 aromatic carbocycles. The summed E-state index contributed by atoms with van der Waals surface area (Å²) in [5, 5.41) is 2.47. The van der Waals surface area contributed by atoms with Gasteiger partial charge in [-0.1, -0.05) is 12.1 Å². The summed E-state index contributed by atoms with van der Waals surface area (Å²) in [5.74, 6) is -0.203. The van der Waals surface area contributed by atoms with Crippen LogP contribution in [0.1, 0.15) is 10.4 Å². The van der Waals surface area contributed by atoms with Crippen molar-refractivity contribution in [3.05, 3.63) is 78.1 Å². The highest BCUT2D eigenvalue weighted by Crippen LogP contribution is 2.32. The third-order valence-electron chi connectivity index (χ3n) is 4.35. The topological polar surface area (TPSA) is 93.7 Å². The number of carbonyl (C=O) groups excluding carboxylic acids is 1. The largest absolute Gasteiger partial charge is 0.486 e. The Kier molecular flexibility index (Phi) is 5.28. The maximum Gasteiger partial charge on any atom is 0.262 e. The smallest absolute Gasteiger partial charge is 0.262 e. The number of ether oxygens (including phenoxy) is 2. The van der Waals surface area contributed by atoms with Crippen molar-refractivity contribution in [1.29, 1.82) is 0 Å². The van der Waals surface area contributed by atoms with E-state index in [1.807, 2.05) is 0 Å². The van der Waals surface area contributed by atoms with Gasteiger partial charge >= 0.3 is 0 Å². The lowest BCUT2D eigenvalue weighted by atomic mass is 10.2. The second kappa shape index (κ2) is 8.03. The minimum Gasteiger partial charge on any atom is -0.486 e. The number of hydrogen-bond donors (Lipinski definition) is 2. The molecule has 0 saturated heterocycles. The number of benzene rings is 3. The van der Waals surface area contributed by atoms with Crippen LogP contribution in [-0.2, 0) is 10.0 Å². The van der Waals surface area contributed by atoms with Crippen LogP contribution in [0.4, 0.5) is 15.8 Å². The highest BCUT2D eigenvalue weighted by molar-refractivity contribution is 7.92. The van der Waals surface area contributed by atoms with Gasteiger partial charge in [-0.05, 0) is 48.5 Å². The van der Waals surface area contributed by atoms with Gasteiger partial charge in [-0.2, -0.15) is 0 Å². The molecule has 0 fully saturated rings. The third kappa shape index (κ3) is 4.20. The SMILES string of the molecule is O=C(Nc1ccccc1F)c1ccc(NS(=O)(=O)c2ccc3c(c2)OCCO3)cc1. The van der Waals surface area contributed by atoms with Gasteiger partial charge in [0.1, 0.15) is 19.0 Å². The van der Waals surface area contributed by atoms with E-state index in [2.05, 4.69) is 10.0 Å². The lowest BCUT2D eigenvalue weighted by molar-refractivity contribution is 0.102. The zero-order valence-corrected chi connectivity index (χ0v) is 16.4. The van der Waals surface area contributed by atoms with E-state index in [0.717, 1.165) is 0 Å². The molecule has 9 heteroatoms. The van der Waals surface area contributed by atoms with Crippen LogP contribution in [0.5, 0.6) is 11.5 Å². The van der Waals surface area contributed by atoms with E-state index < -0.39 is 21.7 Å². The quantitative estimate of drug-likeness (QED) is 0.647. The first-order chi connectivity index (χ1) is 14.4. The Labute approximate surface area is 172 Å². The van der Waals surface area contributed by atoms with Crippen LogP contribution >= 0.6 is 0 Å². The first-order valence-electron chi connectivity index (χ1n) is 9.01. The lowest BCUT2D eigenvalue weighted by Gasteiger charge is -2.19. The average Bonchev–Trinajstić information content (AvgIpc) is 2.75. The van der Waals surface area contributed by atoms with Gasteiger partial charge < -0.3 is 14.8 Å². The second-order valence-electron chi connectivity index (χ2n) is 6.42. The lowest BCUT2D eigenvalue weighted by Crippen LogP contribution is -2.17. The monoisotopic (exact) mass is 428 g/mol. The number of rotatable bonds is 5. The molecule has 0 spiro atoms. The second-order valence-corrected chi connectivity index (χ2v) is 8.10. The number of anilines is 2. The summed E-state index contributed by atoms with van der Waals surface area (Å²) in [5.41, 5.74) is 0.582. The Bertz CT molecular complexity index is 1200. The molecule has 2 N–H and O–H groups in total. The Balaban J connectivity index is 1.47. The zero-order valence-electron chi connectivity index (χ0n) is 15.6. The zero-order chi connectivity index (χ0) is 21.1.